The molecule has 0 unspecified atom stereocenters. The van der Waals surface area contributed by atoms with Gasteiger partial charge in [-0.3, -0.25) is 10.2 Å². The number of carbonyl (C=O) groups excluding carboxylic acids is 1. The smallest absolute Gasteiger partial charge is 0.283 e. The zero-order chi connectivity index (χ0) is 20.7. The van der Waals surface area contributed by atoms with Gasteiger partial charge < -0.3 is 4.42 Å². The third-order valence-corrected chi connectivity index (χ3v) is 6.54. The number of rotatable bonds is 3. The Morgan fingerprint density at radius 1 is 1.13 bits per heavy atom. The fourth-order valence-corrected chi connectivity index (χ4v) is 4.92. The molecule has 0 atom stereocenters. The summed E-state index contributed by atoms with van der Waals surface area (Å²) in [6.07, 6.45) is 7.32. The second-order valence-electron chi connectivity index (χ2n) is 7.50. The first-order valence-electron chi connectivity index (χ1n) is 9.94. The molecule has 1 fully saturated rings. The molecule has 1 aliphatic carbocycles. The van der Waals surface area contributed by atoms with Crippen molar-refractivity contribution in [1.29, 1.82) is 5.41 Å². The molecule has 2 aromatic rings. The number of nitrogens with zero attached hydrogens (tertiary/aromatic N) is 3. The SMILES string of the molecule is N=C1/C(=C/c2ccc(-c3ccc(F)cc3)o2)C(=O)N=C2SC(C3CCCCC3)=NN12. The summed E-state index contributed by atoms with van der Waals surface area (Å²) in [6.45, 7) is 0. The fraction of sp³-hybridized carbons (Fsp3) is 0.273. The molecular formula is C22H19FN4O2S. The van der Waals surface area contributed by atoms with Crippen LogP contribution in [-0.2, 0) is 4.79 Å². The molecule has 8 heteroatoms. The Morgan fingerprint density at radius 2 is 1.90 bits per heavy atom. The van der Waals surface area contributed by atoms with E-state index in [0.717, 1.165) is 23.4 Å². The number of amidine groups is 2. The van der Waals surface area contributed by atoms with E-state index in [1.165, 1.54) is 54.2 Å². The second kappa shape index (κ2) is 7.68. The lowest BCUT2D eigenvalue weighted by Gasteiger charge is -2.20. The molecule has 152 valence electrons. The number of carbonyl (C=O) groups is 1. The summed E-state index contributed by atoms with van der Waals surface area (Å²) in [5.74, 6) is 0.566. The average molecular weight is 422 g/mol. The van der Waals surface area contributed by atoms with Crippen LogP contribution in [0.1, 0.15) is 37.9 Å². The number of hydrogen-bond acceptors (Lipinski definition) is 5. The highest BCUT2D eigenvalue weighted by atomic mass is 32.2. The van der Waals surface area contributed by atoms with Gasteiger partial charge in [0, 0.05) is 11.5 Å². The number of halogens is 1. The number of fused-ring (bicyclic) bond motifs is 1. The highest BCUT2D eigenvalue weighted by Gasteiger charge is 2.38. The van der Waals surface area contributed by atoms with Crippen LogP contribution in [0, 0.1) is 17.1 Å². The first kappa shape index (κ1) is 19.0. The van der Waals surface area contributed by atoms with Crippen molar-refractivity contribution >= 4 is 39.8 Å². The van der Waals surface area contributed by atoms with Crippen LogP contribution >= 0.6 is 11.8 Å². The first-order valence-corrected chi connectivity index (χ1v) is 10.8. The zero-order valence-corrected chi connectivity index (χ0v) is 16.9. The summed E-state index contributed by atoms with van der Waals surface area (Å²) in [5.41, 5.74) is 0.858. The molecule has 3 aliphatic rings. The maximum atomic E-state index is 13.1. The molecule has 1 saturated carbocycles. The highest BCUT2D eigenvalue weighted by Crippen LogP contribution is 2.36. The van der Waals surface area contributed by atoms with E-state index >= 15 is 0 Å². The molecule has 5 rings (SSSR count). The molecule has 0 spiro atoms. The Labute approximate surface area is 177 Å². The van der Waals surface area contributed by atoms with Crippen LogP contribution < -0.4 is 0 Å². The number of hydrazone groups is 1. The first-order chi connectivity index (χ1) is 14.6. The monoisotopic (exact) mass is 422 g/mol. The van der Waals surface area contributed by atoms with Crippen LogP contribution in [0.5, 0.6) is 0 Å². The number of thioether (sulfide) groups is 1. The number of hydrogen-bond donors (Lipinski definition) is 1. The van der Waals surface area contributed by atoms with Crippen molar-refractivity contribution in [3.8, 4) is 11.3 Å². The topological polar surface area (TPSA) is 82.0 Å². The third-order valence-electron chi connectivity index (χ3n) is 5.47. The van der Waals surface area contributed by atoms with Gasteiger partial charge in [0.1, 0.15) is 22.4 Å². The lowest BCUT2D eigenvalue weighted by atomic mass is 9.90. The van der Waals surface area contributed by atoms with Crippen LogP contribution in [0.4, 0.5) is 4.39 Å². The van der Waals surface area contributed by atoms with Crippen LogP contribution in [0.2, 0.25) is 0 Å². The van der Waals surface area contributed by atoms with Gasteiger partial charge >= 0.3 is 0 Å². The van der Waals surface area contributed by atoms with Crippen molar-refractivity contribution in [2.45, 2.75) is 32.1 Å². The quantitative estimate of drug-likeness (QED) is 0.682. The van der Waals surface area contributed by atoms with Gasteiger partial charge in [-0.25, -0.2) is 4.39 Å². The number of benzene rings is 1. The number of amides is 1. The van der Waals surface area contributed by atoms with Crippen LogP contribution in [0.25, 0.3) is 17.4 Å². The van der Waals surface area contributed by atoms with E-state index in [2.05, 4.69) is 10.1 Å². The average Bonchev–Trinajstić information content (AvgIpc) is 3.40. The van der Waals surface area contributed by atoms with Gasteiger partial charge in [0.25, 0.3) is 5.91 Å². The van der Waals surface area contributed by atoms with Gasteiger partial charge in [-0.1, -0.05) is 19.3 Å². The predicted octanol–water partition coefficient (Wildman–Crippen LogP) is 5.29. The lowest BCUT2D eigenvalue weighted by Crippen LogP contribution is -2.35. The van der Waals surface area contributed by atoms with E-state index in [1.807, 2.05) is 0 Å². The van der Waals surface area contributed by atoms with Crippen LogP contribution in [-0.4, -0.2) is 27.0 Å². The summed E-state index contributed by atoms with van der Waals surface area (Å²) in [6, 6.07) is 9.42. The van der Waals surface area contributed by atoms with Crippen molar-refractivity contribution in [2.24, 2.45) is 16.0 Å². The molecule has 0 radical (unpaired) electrons. The molecule has 1 amide bonds. The van der Waals surface area contributed by atoms with Crippen molar-refractivity contribution < 1.29 is 13.6 Å². The van der Waals surface area contributed by atoms with Gasteiger partial charge in [-0.15, -0.1) is 0 Å². The predicted molar refractivity (Wildman–Crippen MR) is 116 cm³/mol. The fourth-order valence-electron chi connectivity index (χ4n) is 3.86. The van der Waals surface area contributed by atoms with E-state index in [1.54, 1.807) is 24.3 Å². The molecule has 30 heavy (non-hydrogen) atoms. The largest absolute Gasteiger partial charge is 0.457 e. The normalized spacial score (nSPS) is 21.1. The minimum atomic E-state index is -0.474. The van der Waals surface area contributed by atoms with Crippen LogP contribution in [0.3, 0.4) is 0 Å². The molecule has 2 aliphatic heterocycles. The van der Waals surface area contributed by atoms with Crippen LogP contribution in [0.15, 0.2) is 56.5 Å². The van der Waals surface area contributed by atoms with Gasteiger partial charge in [-0.2, -0.15) is 15.1 Å². The summed E-state index contributed by atoms with van der Waals surface area (Å²) < 4.78 is 18.9. The molecular weight excluding hydrogens is 403 g/mol. The lowest BCUT2D eigenvalue weighted by molar-refractivity contribution is -0.114. The number of aliphatic imine (C=N–C) groups is 1. The van der Waals surface area contributed by atoms with Gasteiger partial charge in [0.15, 0.2) is 5.84 Å². The minimum absolute atomic E-state index is 0.00282. The van der Waals surface area contributed by atoms with Gasteiger partial charge in [0.05, 0.1) is 5.57 Å². The molecule has 3 heterocycles. The van der Waals surface area contributed by atoms with Gasteiger partial charge in [-0.05, 0) is 67.1 Å². The summed E-state index contributed by atoms with van der Waals surface area (Å²) in [4.78, 5) is 16.7. The minimum Gasteiger partial charge on any atom is -0.457 e. The molecule has 1 N–H and O–H groups in total. The van der Waals surface area contributed by atoms with Crippen molar-refractivity contribution in [3.05, 3.63) is 53.5 Å². The Balaban J connectivity index is 1.40. The molecule has 1 aromatic heterocycles. The Hall–Kier alpha value is -3.00. The standard InChI is InChI=1S/C22H19FN4O2S/c23-15-8-6-13(7-9-15)18-11-10-16(29-18)12-17-19(24)27-22(25-20(17)28)30-21(26-27)14-4-2-1-3-5-14/h6-12,14,24H,1-5H2/b17-12-,24-19?. The van der Waals surface area contributed by atoms with E-state index in [9.17, 15) is 9.18 Å². The molecule has 6 nitrogen and oxygen atoms in total. The van der Waals surface area contributed by atoms with Crippen molar-refractivity contribution in [1.82, 2.24) is 5.01 Å². The summed E-state index contributed by atoms with van der Waals surface area (Å²) in [5, 5.41) is 16.0. The van der Waals surface area contributed by atoms with Crippen molar-refractivity contribution in [2.75, 3.05) is 0 Å². The summed E-state index contributed by atoms with van der Waals surface area (Å²) in [7, 11) is 0. The molecule has 0 saturated heterocycles. The maximum absolute atomic E-state index is 13.1. The maximum Gasteiger partial charge on any atom is 0.283 e. The Morgan fingerprint density at radius 3 is 2.67 bits per heavy atom. The number of furan rings is 1. The zero-order valence-electron chi connectivity index (χ0n) is 16.1. The highest BCUT2D eigenvalue weighted by molar-refractivity contribution is 8.27. The van der Waals surface area contributed by atoms with E-state index in [-0.39, 0.29) is 17.2 Å². The Bertz CT molecular complexity index is 1110. The van der Waals surface area contributed by atoms with E-state index in [4.69, 9.17) is 9.83 Å². The summed E-state index contributed by atoms with van der Waals surface area (Å²) >= 11 is 1.40. The molecule has 1 aromatic carbocycles. The van der Waals surface area contributed by atoms with Gasteiger partial charge in [0.2, 0.25) is 5.17 Å². The van der Waals surface area contributed by atoms with E-state index < -0.39 is 5.91 Å². The Kier molecular flexibility index (Phi) is 4.86. The second-order valence-corrected chi connectivity index (χ2v) is 8.49. The molecule has 0 bridgehead atoms. The van der Waals surface area contributed by atoms with Crippen molar-refractivity contribution in [3.63, 3.8) is 0 Å². The third kappa shape index (κ3) is 3.52. The van der Waals surface area contributed by atoms with E-state index in [0.29, 0.717) is 22.6 Å². The number of nitrogens with one attached hydrogen (secondary N) is 1.